The fourth-order valence-corrected chi connectivity index (χ4v) is 1.82. The summed E-state index contributed by atoms with van der Waals surface area (Å²) >= 11 is 0. The van der Waals surface area contributed by atoms with Gasteiger partial charge in [0, 0.05) is 29.9 Å². The van der Waals surface area contributed by atoms with E-state index in [0.29, 0.717) is 6.54 Å². The second kappa shape index (κ2) is 7.08. The lowest BCUT2D eigenvalue weighted by molar-refractivity contribution is 0.393. The highest BCUT2D eigenvalue weighted by Crippen LogP contribution is 2.25. The smallest absolute Gasteiger partial charge is 0.250 e. The maximum absolute atomic E-state index is 11.5. The van der Waals surface area contributed by atoms with Gasteiger partial charge in [-0.05, 0) is 32.8 Å². The van der Waals surface area contributed by atoms with Crippen molar-refractivity contribution in [2.75, 3.05) is 0 Å². The summed E-state index contributed by atoms with van der Waals surface area (Å²) in [6.07, 6.45) is 1.84. The molecule has 0 unspecified atom stereocenters. The molecule has 0 N–H and O–H groups in total. The molecule has 0 atom stereocenters. The lowest BCUT2D eigenvalue weighted by atomic mass is 10.1. The molecule has 2 aromatic rings. The molecule has 0 saturated carbocycles. The average molecular weight is 276 g/mol. The molecule has 0 aliphatic carbocycles. The predicted molar refractivity (Wildman–Crippen MR) is 81.9 cm³/mol. The van der Waals surface area contributed by atoms with Crippen LogP contribution in [0.15, 0.2) is 27.6 Å². The number of hydrogen-bond donors (Lipinski definition) is 0. The largest absolute Gasteiger partial charge is 0.361 e. The molecule has 0 spiro atoms. The first-order valence-electron chi connectivity index (χ1n) is 7.00. The Bertz CT molecular complexity index is 587. The van der Waals surface area contributed by atoms with Crippen molar-refractivity contribution in [2.45, 2.75) is 48.1 Å². The number of aromatic nitrogens is 2. The van der Waals surface area contributed by atoms with E-state index >= 15 is 0 Å². The van der Waals surface area contributed by atoms with Crippen molar-refractivity contribution in [1.82, 2.24) is 9.72 Å². The molecular weight excluding hydrogens is 252 g/mol. The monoisotopic (exact) mass is 276 g/mol. The van der Waals surface area contributed by atoms with Crippen LogP contribution in [0.3, 0.4) is 0 Å². The highest BCUT2D eigenvalue weighted by molar-refractivity contribution is 5.66. The molecule has 0 bridgehead atoms. The van der Waals surface area contributed by atoms with E-state index in [1.165, 1.54) is 0 Å². The Hall–Kier alpha value is -1.84. The van der Waals surface area contributed by atoms with Crippen LogP contribution in [0.1, 0.15) is 39.1 Å². The van der Waals surface area contributed by atoms with Crippen molar-refractivity contribution < 1.29 is 4.52 Å². The van der Waals surface area contributed by atoms with Crippen LogP contribution in [-0.2, 0) is 6.54 Å². The van der Waals surface area contributed by atoms with Gasteiger partial charge in [-0.3, -0.25) is 4.79 Å². The highest BCUT2D eigenvalue weighted by atomic mass is 16.5. The zero-order chi connectivity index (χ0) is 15.3. The van der Waals surface area contributed by atoms with E-state index in [4.69, 9.17) is 4.52 Å². The Balaban J connectivity index is 0.000000444. The quantitative estimate of drug-likeness (QED) is 0.838. The maximum Gasteiger partial charge on any atom is 0.250 e. The van der Waals surface area contributed by atoms with Crippen LogP contribution in [0.5, 0.6) is 0 Å². The Morgan fingerprint density at radius 1 is 1.25 bits per heavy atom. The molecule has 20 heavy (non-hydrogen) atoms. The van der Waals surface area contributed by atoms with E-state index in [-0.39, 0.29) is 5.56 Å². The number of pyridine rings is 1. The molecule has 2 heterocycles. The van der Waals surface area contributed by atoms with Gasteiger partial charge >= 0.3 is 0 Å². The summed E-state index contributed by atoms with van der Waals surface area (Å²) < 4.78 is 6.78. The van der Waals surface area contributed by atoms with E-state index < -0.39 is 0 Å². The molecule has 0 aliphatic heterocycles. The number of hydrogen-bond acceptors (Lipinski definition) is 3. The van der Waals surface area contributed by atoms with Gasteiger partial charge in [0.05, 0.1) is 5.69 Å². The summed E-state index contributed by atoms with van der Waals surface area (Å²) in [6, 6.07) is 3.38. The third kappa shape index (κ3) is 4.08. The lowest BCUT2D eigenvalue weighted by Crippen LogP contribution is -2.17. The summed E-state index contributed by atoms with van der Waals surface area (Å²) in [7, 11) is 0. The predicted octanol–water partition coefficient (Wildman–Crippen LogP) is 3.80. The minimum Gasteiger partial charge on any atom is -0.361 e. The van der Waals surface area contributed by atoms with Crippen molar-refractivity contribution in [3.8, 4) is 11.1 Å². The van der Waals surface area contributed by atoms with Crippen molar-refractivity contribution in [3.05, 3.63) is 40.1 Å². The molecule has 0 aromatic carbocycles. The first-order valence-corrected chi connectivity index (χ1v) is 7.00. The second-order valence-electron chi connectivity index (χ2n) is 5.47. The van der Waals surface area contributed by atoms with E-state index in [9.17, 15) is 4.79 Å². The van der Waals surface area contributed by atoms with Crippen molar-refractivity contribution in [2.24, 2.45) is 5.92 Å². The first-order chi connectivity index (χ1) is 9.36. The zero-order valence-corrected chi connectivity index (χ0v) is 13.2. The van der Waals surface area contributed by atoms with Crippen LogP contribution < -0.4 is 5.56 Å². The summed E-state index contributed by atoms with van der Waals surface area (Å²) in [5, 5.41) is 3.91. The van der Waals surface area contributed by atoms with Gasteiger partial charge in [-0.15, -0.1) is 0 Å². The minimum absolute atomic E-state index is 0.0120. The molecule has 0 fully saturated rings. The molecular formula is C16H24N2O2. The molecule has 2 aromatic heterocycles. The molecule has 0 amide bonds. The van der Waals surface area contributed by atoms with Gasteiger partial charge < -0.3 is 9.09 Å². The number of nitrogens with zero attached hydrogens (tertiary/aromatic N) is 2. The summed E-state index contributed by atoms with van der Waals surface area (Å²) in [5.74, 6) is 1.61. The fraction of sp³-hybridized carbons (Fsp3) is 0.500. The van der Waals surface area contributed by atoms with Crippen LogP contribution >= 0.6 is 0 Å². The van der Waals surface area contributed by atoms with Gasteiger partial charge in [-0.2, -0.15) is 0 Å². The Kier molecular flexibility index (Phi) is 5.74. The summed E-state index contributed by atoms with van der Waals surface area (Å²) in [4.78, 5) is 11.5. The first kappa shape index (κ1) is 16.2. The highest BCUT2D eigenvalue weighted by Gasteiger charge is 2.11. The molecule has 110 valence electrons. The van der Waals surface area contributed by atoms with Gasteiger partial charge in [0.25, 0.3) is 5.56 Å². The Labute approximate surface area is 120 Å². The van der Waals surface area contributed by atoms with Gasteiger partial charge in [0.2, 0.25) is 0 Å². The third-order valence-electron chi connectivity index (χ3n) is 2.65. The van der Waals surface area contributed by atoms with Crippen molar-refractivity contribution >= 4 is 0 Å². The van der Waals surface area contributed by atoms with Gasteiger partial charge in [-0.25, -0.2) is 0 Å². The molecule has 4 nitrogen and oxygen atoms in total. The van der Waals surface area contributed by atoms with E-state index in [1.54, 1.807) is 16.7 Å². The topological polar surface area (TPSA) is 48.0 Å². The lowest BCUT2D eigenvalue weighted by Gasteiger charge is -2.05. The SMILES string of the molecule is CC(C)C.CCn1cc(-c2c(C)noc2C)ccc1=O. The molecule has 4 heteroatoms. The fourth-order valence-electron chi connectivity index (χ4n) is 1.82. The molecule has 0 saturated heterocycles. The number of rotatable bonds is 2. The number of aryl methyl sites for hydroxylation is 3. The second-order valence-corrected chi connectivity index (χ2v) is 5.47. The average Bonchev–Trinajstić information content (AvgIpc) is 2.69. The van der Waals surface area contributed by atoms with Crippen LogP contribution in [-0.4, -0.2) is 9.72 Å². The normalized spacial score (nSPS) is 10.3. The Morgan fingerprint density at radius 2 is 1.85 bits per heavy atom. The van der Waals surface area contributed by atoms with E-state index in [2.05, 4.69) is 25.9 Å². The van der Waals surface area contributed by atoms with Crippen LogP contribution in [0.25, 0.3) is 11.1 Å². The minimum atomic E-state index is 0.0120. The van der Waals surface area contributed by atoms with Crippen LogP contribution in [0.4, 0.5) is 0 Å². The molecule has 0 radical (unpaired) electrons. The Morgan fingerprint density at radius 3 is 2.30 bits per heavy atom. The zero-order valence-electron chi connectivity index (χ0n) is 13.2. The summed E-state index contributed by atoms with van der Waals surface area (Å²) in [5.41, 5.74) is 2.80. The molecule has 0 aliphatic rings. The van der Waals surface area contributed by atoms with E-state index in [1.807, 2.05) is 27.0 Å². The van der Waals surface area contributed by atoms with Gasteiger partial charge in [0.15, 0.2) is 0 Å². The van der Waals surface area contributed by atoms with Crippen molar-refractivity contribution in [1.29, 1.82) is 0 Å². The van der Waals surface area contributed by atoms with E-state index in [0.717, 1.165) is 28.5 Å². The van der Waals surface area contributed by atoms with Crippen molar-refractivity contribution in [3.63, 3.8) is 0 Å². The van der Waals surface area contributed by atoms with Gasteiger partial charge in [0.1, 0.15) is 5.76 Å². The van der Waals surface area contributed by atoms with Gasteiger partial charge in [-0.1, -0.05) is 25.9 Å². The summed E-state index contributed by atoms with van der Waals surface area (Å²) in [6.45, 7) is 12.9. The van der Waals surface area contributed by atoms with Crippen LogP contribution in [0, 0.1) is 19.8 Å². The molecule has 2 rings (SSSR count). The third-order valence-corrected chi connectivity index (χ3v) is 2.65. The maximum atomic E-state index is 11.5. The van der Waals surface area contributed by atoms with Crippen LogP contribution in [0.2, 0.25) is 0 Å². The standard InChI is InChI=1S/C12H14N2O2.C4H10/c1-4-14-7-10(5-6-11(14)15)12-8(2)13-16-9(12)3;1-4(2)3/h5-7H,4H2,1-3H3;4H,1-3H3.